The average Bonchev–Trinajstić information content (AvgIpc) is 2.63. The summed E-state index contributed by atoms with van der Waals surface area (Å²) in [4.78, 5) is 41.1. The van der Waals surface area contributed by atoms with Crippen LogP contribution < -0.4 is 21.9 Å². The molecule has 8 nitrogen and oxygen atoms in total. The van der Waals surface area contributed by atoms with Crippen molar-refractivity contribution in [2.75, 3.05) is 30.9 Å². The molecule has 1 aromatic heterocycles. The number of nitrogens with two attached hydrogens (primary N) is 1. The lowest BCUT2D eigenvalue weighted by Crippen LogP contribution is -2.43. The molecule has 0 saturated heterocycles. The molecule has 0 aliphatic rings. The van der Waals surface area contributed by atoms with Gasteiger partial charge in [0.25, 0.3) is 5.56 Å². The number of H-pyrrole nitrogens is 1. The summed E-state index contributed by atoms with van der Waals surface area (Å²) < 4.78 is 6.36. The Kier molecular flexibility index (Phi) is 6.95. The van der Waals surface area contributed by atoms with Crippen molar-refractivity contribution >= 4 is 17.4 Å². The van der Waals surface area contributed by atoms with Crippen LogP contribution in [-0.4, -0.2) is 35.7 Å². The van der Waals surface area contributed by atoms with Gasteiger partial charge in [0.1, 0.15) is 5.82 Å². The predicted octanol–water partition coefficient (Wildman–Crippen LogP) is 1.06. The van der Waals surface area contributed by atoms with Gasteiger partial charge in [-0.1, -0.05) is 31.2 Å². The van der Waals surface area contributed by atoms with E-state index >= 15 is 0 Å². The standard InChI is InChI=1S/C19H26N4O4/c1-4-9-23-17(20)16(18(25)21-19(23)26)22(10-11-27-3)15(24)12-14-8-6-5-7-13(14)2/h5-8H,4,9-12,20H2,1-3H3,(H,21,25,26). The first kappa shape index (κ1) is 20.4. The average molecular weight is 374 g/mol. The summed E-state index contributed by atoms with van der Waals surface area (Å²) in [6.07, 6.45) is 0.771. The number of methoxy groups -OCH3 is 1. The van der Waals surface area contributed by atoms with Crippen LogP contribution in [0, 0.1) is 6.92 Å². The smallest absolute Gasteiger partial charge is 0.330 e. The van der Waals surface area contributed by atoms with Crippen LogP contribution in [0.4, 0.5) is 11.5 Å². The molecule has 0 radical (unpaired) electrons. The van der Waals surface area contributed by atoms with E-state index in [-0.39, 0.29) is 37.0 Å². The fourth-order valence-corrected chi connectivity index (χ4v) is 2.89. The van der Waals surface area contributed by atoms with E-state index in [1.165, 1.54) is 16.6 Å². The van der Waals surface area contributed by atoms with Crippen molar-refractivity contribution in [2.45, 2.75) is 33.2 Å². The molecule has 8 heteroatoms. The fourth-order valence-electron chi connectivity index (χ4n) is 2.89. The van der Waals surface area contributed by atoms with E-state index in [1.54, 1.807) is 0 Å². The zero-order chi connectivity index (χ0) is 20.0. The van der Waals surface area contributed by atoms with Gasteiger partial charge in [-0.15, -0.1) is 0 Å². The summed E-state index contributed by atoms with van der Waals surface area (Å²) >= 11 is 0. The van der Waals surface area contributed by atoms with E-state index in [0.717, 1.165) is 11.1 Å². The van der Waals surface area contributed by atoms with E-state index in [0.29, 0.717) is 13.0 Å². The maximum absolute atomic E-state index is 13.0. The van der Waals surface area contributed by atoms with Gasteiger partial charge in [0.05, 0.1) is 13.0 Å². The number of amides is 1. The summed E-state index contributed by atoms with van der Waals surface area (Å²) in [7, 11) is 1.51. The Bertz CT molecular complexity index is 917. The van der Waals surface area contributed by atoms with Crippen LogP contribution in [0.1, 0.15) is 24.5 Å². The monoisotopic (exact) mass is 374 g/mol. The number of ether oxygens (including phenoxy) is 1. The Morgan fingerprint density at radius 2 is 2.00 bits per heavy atom. The minimum atomic E-state index is -0.681. The van der Waals surface area contributed by atoms with Crippen LogP contribution in [0.25, 0.3) is 0 Å². The van der Waals surface area contributed by atoms with Gasteiger partial charge in [0.15, 0.2) is 5.69 Å². The molecule has 27 heavy (non-hydrogen) atoms. The minimum Gasteiger partial charge on any atom is -0.383 e. The predicted molar refractivity (Wildman–Crippen MR) is 105 cm³/mol. The van der Waals surface area contributed by atoms with Crippen LogP contribution in [0.2, 0.25) is 0 Å². The second-order valence-electron chi connectivity index (χ2n) is 6.29. The minimum absolute atomic E-state index is 0.0140. The second-order valence-corrected chi connectivity index (χ2v) is 6.29. The Morgan fingerprint density at radius 1 is 1.30 bits per heavy atom. The van der Waals surface area contributed by atoms with Crippen molar-refractivity contribution in [1.82, 2.24) is 9.55 Å². The third-order valence-electron chi connectivity index (χ3n) is 4.35. The van der Waals surface area contributed by atoms with Gasteiger partial charge in [0, 0.05) is 20.2 Å². The number of aromatic nitrogens is 2. The van der Waals surface area contributed by atoms with Gasteiger partial charge >= 0.3 is 5.69 Å². The van der Waals surface area contributed by atoms with Crippen LogP contribution in [-0.2, 0) is 22.5 Å². The molecule has 0 aliphatic carbocycles. The first-order valence-electron chi connectivity index (χ1n) is 8.87. The van der Waals surface area contributed by atoms with E-state index in [2.05, 4.69) is 4.98 Å². The maximum Gasteiger partial charge on any atom is 0.330 e. The number of nitrogens with one attached hydrogen (secondary N) is 1. The molecule has 146 valence electrons. The van der Waals surface area contributed by atoms with Crippen molar-refractivity contribution in [3.05, 3.63) is 56.2 Å². The number of nitrogens with zero attached hydrogens (tertiary/aromatic N) is 2. The van der Waals surface area contributed by atoms with Crippen LogP contribution >= 0.6 is 0 Å². The summed E-state index contributed by atoms with van der Waals surface area (Å²) in [5.41, 5.74) is 6.68. The highest BCUT2D eigenvalue weighted by Crippen LogP contribution is 2.19. The van der Waals surface area contributed by atoms with Gasteiger partial charge in [-0.05, 0) is 24.5 Å². The fraction of sp³-hybridized carbons (Fsp3) is 0.421. The van der Waals surface area contributed by atoms with Crippen molar-refractivity contribution in [3.8, 4) is 0 Å². The maximum atomic E-state index is 13.0. The molecule has 0 atom stereocenters. The van der Waals surface area contributed by atoms with E-state index in [1.807, 2.05) is 38.1 Å². The number of anilines is 2. The van der Waals surface area contributed by atoms with Crippen LogP contribution in [0.15, 0.2) is 33.9 Å². The van der Waals surface area contributed by atoms with E-state index < -0.39 is 11.2 Å². The Balaban J connectivity index is 2.49. The molecule has 0 bridgehead atoms. The largest absolute Gasteiger partial charge is 0.383 e. The van der Waals surface area contributed by atoms with Gasteiger partial charge in [-0.25, -0.2) is 4.79 Å². The molecule has 0 aliphatic heterocycles. The number of carbonyl (C=O) groups is 1. The molecule has 2 aromatic rings. The Hall–Kier alpha value is -2.87. The van der Waals surface area contributed by atoms with Crippen LogP contribution in [0.3, 0.4) is 0 Å². The van der Waals surface area contributed by atoms with Gasteiger partial charge in [-0.3, -0.25) is 19.1 Å². The van der Waals surface area contributed by atoms with E-state index in [4.69, 9.17) is 10.5 Å². The topological polar surface area (TPSA) is 110 Å². The molecule has 0 spiro atoms. The Labute approximate surface area is 157 Å². The number of aryl methyl sites for hydroxylation is 1. The lowest BCUT2D eigenvalue weighted by Gasteiger charge is -2.24. The summed E-state index contributed by atoms with van der Waals surface area (Å²) in [6.45, 7) is 4.54. The highest BCUT2D eigenvalue weighted by Gasteiger charge is 2.24. The number of aromatic amines is 1. The van der Waals surface area contributed by atoms with Gasteiger partial charge in [-0.2, -0.15) is 0 Å². The highest BCUT2D eigenvalue weighted by molar-refractivity contribution is 5.96. The van der Waals surface area contributed by atoms with Crippen molar-refractivity contribution < 1.29 is 9.53 Å². The molecule has 0 saturated carbocycles. The molecule has 0 unspecified atom stereocenters. The zero-order valence-corrected chi connectivity index (χ0v) is 15.9. The summed E-state index contributed by atoms with van der Waals surface area (Å²) in [6, 6.07) is 7.55. The molecular weight excluding hydrogens is 348 g/mol. The number of carbonyl (C=O) groups excluding carboxylic acids is 1. The first-order chi connectivity index (χ1) is 12.9. The molecule has 2 rings (SSSR count). The lowest BCUT2D eigenvalue weighted by atomic mass is 10.1. The number of rotatable bonds is 8. The quantitative estimate of drug-likeness (QED) is 0.718. The number of hydrogen-bond acceptors (Lipinski definition) is 5. The van der Waals surface area contributed by atoms with Crippen molar-refractivity contribution in [3.63, 3.8) is 0 Å². The second kappa shape index (κ2) is 9.18. The zero-order valence-electron chi connectivity index (χ0n) is 15.9. The summed E-state index contributed by atoms with van der Waals surface area (Å²) in [5.74, 6) is -0.305. The highest BCUT2D eigenvalue weighted by atomic mass is 16.5. The third-order valence-corrected chi connectivity index (χ3v) is 4.35. The van der Waals surface area contributed by atoms with Gasteiger partial charge in [0.2, 0.25) is 5.91 Å². The molecular formula is C19H26N4O4. The molecule has 1 aromatic carbocycles. The SMILES string of the molecule is CCCn1c(N)c(N(CCOC)C(=O)Cc2ccccc2C)c(=O)[nH]c1=O. The van der Waals surface area contributed by atoms with Gasteiger partial charge < -0.3 is 15.4 Å². The molecule has 0 fully saturated rings. The number of nitrogen functional groups attached to an aromatic ring is 1. The molecule has 1 amide bonds. The number of benzene rings is 1. The number of hydrogen-bond donors (Lipinski definition) is 2. The molecule has 1 heterocycles. The first-order valence-corrected chi connectivity index (χ1v) is 8.87. The van der Waals surface area contributed by atoms with Crippen molar-refractivity contribution in [2.24, 2.45) is 0 Å². The molecule has 3 N–H and O–H groups in total. The Morgan fingerprint density at radius 3 is 2.63 bits per heavy atom. The lowest BCUT2D eigenvalue weighted by molar-refractivity contribution is -0.118. The van der Waals surface area contributed by atoms with Crippen LogP contribution in [0.5, 0.6) is 0 Å². The summed E-state index contributed by atoms with van der Waals surface area (Å²) in [5, 5.41) is 0. The third kappa shape index (κ3) is 4.65. The van der Waals surface area contributed by atoms with E-state index in [9.17, 15) is 14.4 Å². The normalized spacial score (nSPS) is 10.8. The van der Waals surface area contributed by atoms with Crippen molar-refractivity contribution in [1.29, 1.82) is 0 Å².